The number of carbonyl (C=O) groups is 1. The molecular formula is C23H27FN4O2S. The van der Waals surface area contributed by atoms with Crippen molar-refractivity contribution >= 4 is 33.4 Å². The topological polar surface area (TPSA) is 67.2 Å². The molecule has 1 aromatic carbocycles. The summed E-state index contributed by atoms with van der Waals surface area (Å²) < 4.78 is 15.6. The summed E-state index contributed by atoms with van der Waals surface area (Å²) in [6.45, 7) is 6.15. The van der Waals surface area contributed by atoms with E-state index in [0.717, 1.165) is 19.3 Å². The van der Waals surface area contributed by atoms with Crippen LogP contribution in [-0.4, -0.2) is 35.1 Å². The van der Waals surface area contributed by atoms with E-state index in [4.69, 9.17) is 4.98 Å². The molecule has 0 aliphatic carbocycles. The van der Waals surface area contributed by atoms with Gasteiger partial charge >= 0.3 is 0 Å². The smallest absolute Gasteiger partial charge is 0.277 e. The minimum absolute atomic E-state index is 0.0534. The van der Waals surface area contributed by atoms with Gasteiger partial charge in [-0.1, -0.05) is 13.8 Å². The number of fused-ring (bicyclic) bond motifs is 1. The molecule has 2 aromatic heterocycles. The van der Waals surface area contributed by atoms with Crippen LogP contribution in [0.3, 0.4) is 0 Å². The number of amides is 1. The fourth-order valence-corrected chi connectivity index (χ4v) is 4.70. The van der Waals surface area contributed by atoms with Crippen molar-refractivity contribution in [3.05, 3.63) is 51.9 Å². The molecule has 0 unspecified atom stereocenters. The molecule has 1 fully saturated rings. The van der Waals surface area contributed by atoms with E-state index < -0.39 is 0 Å². The Bertz CT molecular complexity index is 1120. The SMILES string of the molecule is CC(C)CCNC(=O)[C@@H]1CCCN(c2nc3ccsc3c(=O)n2-c2ccc(F)cc2)C1. The van der Waals surface area contributed by atoms with Crippen LogP contribution in [0.15, 0.2) is 40.5 Å². The van der Waals surface area contributed by atoms with Crippen molar-refractivity contribution in [2.24, 2.45) is 11.8 Å². The molecule has 4 rings (SSSR count). The number of nitrogens with zero attached hydrogens (tertiary/aromatic N) is 3. The summed E-state index contributed by atoms with van der Waals surface area (Å²) in [6.07, 6.45) is 2.59. The van der Waals surface area contributed by atoms with E-state index in [-0.39, 0.29) is 23.2 Å². The van der Waals surface area contributed by atoms with Crippen molar-refractivity contribution in [2.45, 2.75) is 33.1 Å². The van der Waals surface area contributed by atoms with Crippen molar-refractivity contribution < 1.29 is 9.18 Å². The van der Waals surface area contributed by atoms with Crippen LogP contribution in [0, 0.1) is 17.7 Å². The van der Waals surface area contributed by atoms with E-state index in [1.807, 2.05) is 16.3 Å². The Hall–Kier alpha value is -2.74. The van der Waals surface area contributed by atoms with Crippen molar-refractivity contribution in [3.8, 4) is 5.69 Å². The first-order chi connectivity index (χ1) is 14.9. The Kier molecular flexibility index (Phi) is 6.36. The summed E-state index contributed by atoms with van der Waals surface area (Å²) in [5.41, 5.74) is 1.03. The number of carbonyl (C=O) groups excluding carboxylic acids is 1. The number of hydrogen-bond acceptors (Lipinski definition) is 5. The van der Waals surface area contributed by atoms with Gasteiger partial charge in [0.05, 0.1) is 17.1 Å². The van der Waals surface area contributed by atoms with Crippen LogP contribution in [0.5, 0.6) is 0 Å². The van der Waals surface area contributed by atoms with E-state index in [0.29, 0.717) is 47.4 Å². The van der Waals surface area contributed by atoms with Crippen LogP contribution < -0.4 is 15.8 Å². The minimum atomic E-state index is -0.361. The third-order valence-electron chi connectivity index (χ3n) is 5.64. The van der Waals surface area contributed by atoms with Gasteiger partial charge in [-0.05, 0) is 60.9 Å². The second-order valence-electron chi connectivity index (χ2n) is 8.42. The number of hydrogen-bond donors (Lipinski definition) is 1. The Labute approximate surface area is 184 Å². The first-order valence-electron chi connectivity index (χ1n) is 10.7. The van der Waals surface area contributed by atoms with Gasteiger partial charge in [-0.3, -0.25) is 9.59 Å². The molecule has 3 aromatic rings. The van der Waals surface area contributed by atoms with Crippen molar-refractivity contribution in [1.29, 1.82) is 0 Å². The number of piperidine rings is 1. The predicted octanol–water partition coefficient (Wildman–Crippen LogP) is 3.97. The van der Waals surface area contributed by atoms with E-state index in [1.54, 1.807) is 12.1 Å². The third kappa shape index (κ3) is 4.63. The molecule has 1 aliphatic heterocycles. The van der Waals surface area contributed by atoms with Gasteiger partial charge in [-0.2, -0.15) is 0 Å². The average Bonchev–Trinajstić information content (AvgIpc) is 3.23. The standard InChI is InChI=1S/C23H27FN4O2S/c1-15(2)9-11-25-21(29)16-4-3-12-27(14-16)23-26-19-10-13-31-20(19)22(30)28(23)18-7-5-17(24)6-8-18/h5-8,10,13,15-16H,3-4,9,11-12,14H2,1-2H3,(H,25,29)/t16-/m1/s1. The van der Waals surface area contributed by atoms with Crippen LogP contribution >= 0.6 is 11.3 Å². The molecule has 0 spiro atoms. The quantitative estimate of drug-likeness (QED) is 0.627. The van der Waals surface area contributed by atoms with Crippen LogP contribution in [0.2, 0.25) is 0 Å². The fraction of sp³-hybridized carbons (Fsp3) is 0.435. The Balaban J connectivity index is 1.66. The zero-order chi connectivity index (χ0) is 22.0. The first-order valence-corrected chi connectivity index (χ1v) is 11.6. The number of rotatable bonds is 6. The summed E-state index contributed by atoms with van der Waals surface area (Å²) in [4.78, 5) is 32.8. The highest BCUT2D eigenvalue weighted by Crippen LogP contribution is 2.26. The van der Waals surface area contributed by atoms with Gasteiger partial charge in [0.15, 0.2) is 0 Å². The summed E-state index contributed by atoms with van der Waals surface area (Å²) in [5, 5.41) is 4.90. The van der Waals surface area contributed by atoms with Crippen LogP contribution in [0.25, 0.3) is 15.9 Å². The molecule has 0 radical (unpaired) electrons. The molecule has 0 saturated carbocycles. The largest absolute Gasteiger partial charge is 0.356 e. The second kappa shape index (κ2) is 9.18. The number of benzene rings is 1. The van der Waals surface area contributed by atoms with Gasteiger partial charge in [0.1, 0.15) is 10.5 Å². The van der Waals surface area contributed by atoms with Crippen LogP contribution in [-0.2, 0) is 4.79 Å². The monoisotopic (exact) mass is 442 g/mol. The number of anilines is 1. The Morgan fingerprint density at radius 1 is 1.29 bits per heavy atom. The number of aromatic nitrogens is 2. The number of nitrogens with one attached hydrogen (secondary N) is 1. The highest BCUT2D eigenvalue weighted by atomic mass is 32.1. The lowest BCUT2D eigenvalue weighted by molar-refractivity contribution is -0.125. The zero-order valence-corrected chi connectivity index (χ0v) is 18.6. The molecule has 164 valence electrons. The van der Waals surface area contributed by atoms with Gasteiger partial charge in [0.2, 0.25) is 11.9 Å². The van der Waals surface area contributed by atoms with Crippen LogP contribution in [0.4, 0.5) is 10.3 Å². The lowest BCUT2D eigenvalue weighted by atomic mass is 9.97. The highest BCUT2D eigenvalue weighted by molar-refractivity contribution is 7.17. The summed E-state index contributed by atoms with van der Waals surface area (Å²) in [5.74, 6) is 0.576. The number of halogens is 1. The summed E-state index contributed by atoms with van der Waals surface area (Å²) in [7, 11) is 0. The summed E-state index contributed by atoms with van der Waals surface area (Å²) in [6, 6.07) is 7.68. The first kappa shape index (κ1) is 21.5. The van der Waals surface area contributed by atoms with Gasteiger partial charge < -0.3 is 10.2 Å². The third-order valence-corrected chi connectivity index (χ3v) is 6.53. The fourth-order valence-electron chi connectivity index (χ4n) is 3.94. The van der Waals surface area contributed by atoms with Gasteiger partial charge in [0, 0.05) is 19.6 Å². The molecule has 0 bridgehead atoms. The highest BCUT2D eigenvalue weighted by Gasteiger charge is 2.29. The molecule has 6 nitrogen and oxygen atoms in total. The molecule has 1 atom stereocenters. The van der Waals surface area contributed by atoms with Gasteiger partial charge in [0.25, 0.3) is 5.56 Å². The van der Waals surface area contributed by atoms with E-state index in [2.05, 4.69) is 19.2 Å². The van der Waals surface area contributed by atoms with Gasteiger partial charge in [-0.25, -0.2) is 13.9 Å². The second-order valence-corrected chi connectivity index (χ2v) is 9.34. The molecule has 8 heteroatoms. The molecule has 3 heterocycles. The summed E-state index contributed by atoms with van der Waals surface area (Å²) >= 11 is 1.35. The van der Waals surface area contributed by atoms with E-state index in [1.165, 1.54) is 28.0 Å². The predicted molar refractivity (Wildman–Crippen MR) is 123 cm³/mol. The maximum Gasteiger partial charge on any atom is 0.277 e. The molecular weight excluding hydrogens is 415 g/mol. The lowest BCUT2D eigenvalue weighted by Crippen LogP contribution is -2.45. The lowest BCUT2D eigenvalue weighted by Gasteiger charge is -2.34. The Morgan fingerprint density at radius 3 is 2.81 bits per heavy atom. The molecule has 1 N–H and O–H groups in total. The minimum Gasteiger partial charge on any atom is -0.356 e. The van der Waals surface area contributed by atoms with E-state index >= 15 is 0 Å². The average molecular weight is 443 g/mol. The van der Waals surface area contributed by atoms with Crippen molar-refractivity contribution in [1.82, 2.24) is 14.9 Å². The van der Waals surface area contributed by atoms with Gasteiger partial charge in [-0.15, -0.1) is 11.3 Å². The zero-order valence-electron chi connectivity index (χ0n) is 17.8. The Morgan fingerprint density at radius 2 is 2.06 bits per heavy atom. The molecule has 1 aliphatic rings. The maximum absolute atomic E-state index is 13.5. The van der Waals surface area contributed by atoms with Crippen LogP contribution in [0.1, 0.15) is 33.1 Å². The number of thiophene rings is 1. The normalized spacial score (nSPS) is 16.8. The maximum atomic E-state index is 13.5. The molecule has 1 amide bonds. The molecule has 31 heavy (non-hydrogen) atoms. The molecule has 1 saturated heterocycles. The van der Waals surface area contributed by atoms with Crippen molar-refractivity contribution in [2.75, 3.05) is 24.5 Å². The van der Waals surface area contributed by atoms with Crippen molar-refractivity contribution in [3.63, 3.8) is 0 Å². The van der Waals surface area contributed by atoms with E-state index in [9.17, 15) is 14.0 Å².